The number of ether oxygens (including phenoxy) is 1. The molecule has 1 aliphatic heterocycles. The summed E-state index contributed by atoms with van der Waals surface area (Å²) in [5.74, 6) is -1.83. The van der Waals surface area contributed by atoms with Gasteiger partial charge < -0.3 is 25.2 Å². The quantitative estimate of drug-likeness (QED) is 0.136. The van der Waals surface area contributed by atoms with Crippen molar-refractivity contribution >= 4 is 34.3 Å². The second-order valence-corrected chi connectivity index (χ2v) is 11.7. The number of nitrogens with one attached hydrogen (secondary N) is 3. The number of hydrogen-bond acceptors (Lipinski definition) is 7. The van der Waals surface area contributed by atoms with Crippen LogP contribution in [0.3, 0.4) is 0 Å². The minimum Gasteiger partial charge on any atom is -0.386 e. The highest BCUT2D eigenvalue weighted by molar-refractivity contribution is 7.97. The van der Waals surface area contributed by atoms with E-state index >= 15 is 0 Å². The fourth-order valence-electron chi connectivity index (χ4n) is 5.05. The Balaban J connectivity index is 1.10. The summed E-state index contributed by atoms with van der Waals surface area (Å²) in [5.41, 5.74) is 3.67. The van der Waals surface area contributed by atoms with Crippen LogP contribution < -0.4 is 20.3 Å². The van der Waals surface area contributed by atoms with Gasteiger partial charge in [0.2, 0.25) is 5.91 Å². The molecule has 0 fully saturated rings. The number of unbranched alkanes of at least 4 members (excludes halogenated alkanes) is 1. The summed E-state index contributed by atoms with van der Waals surface area (Å²) in [4.78, 5) is 17.6. The Kier molecular flexibility index (Phi) is 12.6. The van der Waals surface area contributed by atoms with E-state index in [0.717, 1.165) is 31.5 Å². The summed E-state index contributed by atoms with van der Waals surface area (Å²) < 4.78 is 36.3. The molecule has 232 valence electrons. The number of anilines is 1. The molecule has 0 unspecified atom stereocenters. The first-order valence-corrected chi connectivity index (χ1v) is 15.7. The molecule has 0 aromatic heterocycles. The van der Waals surface area contributed by atoms with Crippen molar-refractivity contribution < 1.29 is 18.3 Å². The van der Waals surface area contributed by atoms with Crippen LogP contribution in [-0.4, -0.2) is 64.3 Å². The molecule has 0 radical (unpaired) electrons. The minimum atomic E-state index is -0.873. The van der Waals surface area contributed by atoms with Crippen LogP contribution in [-0.2, 0) is 22.6 Å². The van der Waals surface area contributed by atoms with Crippen molar-refractivity contribution in [1.29, 1.82) is 0 Å². The number of carbonyl (C=O) groups excluding carboxylic acids is 1. The number of nitrogens with zero attached hydrogens (tertiary/aromatic N) is 2. The number of rotatable bonds is 17. The Morgan fingerprint density at radius 3 is 2.42 bits per heavy atom. The maximum absolute atomic E-state index is 13.5. The number of carbonyl (C=O) groups is 1. The number of benzene rings is 3. The fourth-order valence-corrected chi connectivity index (χ4v) is 5.83. The summed E-state index contributed by atoms with van der Waals surface area (Å²) in [5, 5.41) is 9.16. The number of amides is 1. The molecule has 0 spiro atoms. The molecule has 10 heteroatoms. The van der Waals surface area contributed by atoms with Crippen LogP contribution in [0.4, 0.5) is 14.5 Å². The molecular weight excluding hydrogens is 568 g/mol. The van der Waals surface area contributed by atoms with Gasteiger partial charge in [0.25, 0.3) is 0 Å². The molecule has 3 aromatic carbocycles. The van der Waals surface area contributed by atoms with Gasteiger partial charge in [-0.1, -0.05) is 43.7 Å². The van der Waals surface area contributed by atoms with Crippen LogP contribution in [0.15, 0.2) is 65.2 Å². The van der Waals surface area contributed by atoms with E-state index < -0.39 is 11.6 Å². The standard InChI is InChI=1S/C33H43F2N5O2S/c1-4-5-8-26(13-14-36-21-33(41)40-22-24-19-29(34)30(35)20-25(24)23-40)37-15-17-42-18-16-38-43-32-12-7-9-27-28(32)10-6-11-31(27)39(2)3/h6-12,19-20,36-38H,4-5,13-18,21-23H2,1-3H3/b26-8-. The van der Waals surface area contributed by atoms with Crippen LogP contribution in [0.5, 0.6) is 0 Å². The first-order chi connectivity index (χ1) is 20.9. The molecule has 3 N–H and O–H groups in total. The predicted octanol–water partition coefficient (Wildman–Crippen LogP) is 5.59. The van der Waals surface area contributed by atoms with E-state index in [9.17, 15) is 13.6 Å². The van der Waals surface area contributed by atoms with Crippen molar-refractivity contribution in [2.45, 2.75) is 44.2 Å². The van der Waals surface area contributed by atoms with E-state index in [2.05, 4.69) is 83.7 Å². The maximum Gasteiger partial charge on any atom is 0.237 e. The van der Waals surface area contributed by atoms with E-state index in [-0.39, 0.29) is 12.5 Å². The van der Waals surface area contributed by atoms with Gasteiger partial charge in [0.15, 0.2) is 11.6 Å². The van der Waals surface area contributed by atoms with Gasteiger partial charge in [-0.25, -0.2) is 8.78 Å². The van der Waals surface area contributed by atoms with Gasteiger partial charge in [0.1, 0.15) is 0 Å². The Morgan fingerprint density at radius 2 is 1.70 bits per heavy atom. The predicted molar refractivity (Wildman–Crippen MR) is 172 cm³/mol. The minimum absolute atomic E-state index is 0.0806. The van der Waals surface area contributed by atoms with Crippen LogP contribution in [0, 0.1) is 11.6 Å². The SMILES string of the molecule is CCC/C=C(/CCNCC(=O)N1Cc2cc(F)c(F)cc2C1)NCCOCCNSc1cccc2c(N(C)C)cccc12. The van der Waals surface area contributed by atoms with Crippen LogP contribution in [0.1, 0.15) is 37.3 Å². The van der Waals surface area contributed by atoms with E-state index in [1.54, 1.807) is 16.8 Å². The van der Waals surface area contributed by atoms with Gasteiger partial charge in [-0.2, -0.15) is 0 Å². The molecule has 0 atom stereocenters. The van der Waals surface area contributed by atoms with Gasteiger partial charge in [0, 0.05) is 68.5 Å². The van der Waals surface area contributed by atoms with Crippen LogP contribution in [0.2, 0.25) is 0 Å². The van der Waals surface area contributed by atoms with Crippen molar-refractivity contribution in [3.05, 3.63) is 83.1 Å². The second-order valence-electron chi connectivity index (χ2n) is 10.8. The lowest BCUT2D eigenvalue weighted by atomic mass is 10.1. The zero-order valence-electron chi connectivity index (χ0n) is 25.3. The third kappa shape index (κ3) is 9.40. The fraction of sp³-hybridized carbons (Fsp3) is 0.424. The molecule has 4 rings (SSSR count). The zero-order chi connectivity index (χ0) is 30.6. The van der Waals surface area contributed by atoms with Gasteiger partial charge in [-0.15, -0.1) is 0 Å². The Hall–Kier alpha value is -3.18. The summed E-state index contributed by atoms with van der Waals surface area (Å²) >= 11 is 1.63. The summed E-state index contributed by atoms with van der Waals surface area (Å²) in [6.45, 7) is 6.24. The number of hydrogen-bond donors (Lipinski definition) is 3. The lowest BCUT2D eigenvalue weighted by Gasteiger charge is -2.17. The molecule has 0 saturated heterocycles. The van der Waals surface area contributed by atoms with Crippen molar-refractivity contribution in [2.24, 2.45) is 0 Å². The molecule has 43 heavy (non-hydrogen) atoms. The van der Waals surface area contributed by atoms with Crippen molar-refractivity contribution in [2.75, 3.05) is 58.4 Å². The molecule has 0 saturated carbocycles. The van der Waals surface area contributed by atoms with E-state index in [0.29, 0.717) is 50.5 Å². The maximum atomic E-state index is 13.5. The zero-order valence-corrected chi connectivity index (χ0v) is 26.2. The average Bonchev–Trinajstić information content (AvgIpc) is 3.41. The molecule has 0 aliphatic carbocycles. The summed E-state index contributed by atoms with van der Waals surface area (Å²) in [7, 11) is 4.13. The van der Waals surface area contributed by atoms with Crippen LogP contribution in [0.25, 0.3) is 10.8 Å². The van der Waals surface area contributed by atoms with E-state index in [4.69, 9.17) is 4.74 Å². The highest BCUT2D eigenvalue weighted by atomic mass is 32.2. The molecule has 0 bridgehead atoms. The first-order valence-electron chi connectivity index (χ1n) is 14.9. The van der Waals surface area contributed by atoms with Gasteiger partial charge in [-0.3, -0.25) is 9.52 Å². The summed E-state index contributed by atoms with van der Waals surface area (Å²) in [6, 6.07) is 15.2. The second kappa shape index (κ2) is 16.6. The Labute approximate surface area is 258 Å². The monoisotopic (exact) mass is 611 g/mol. The smallest absolute Gasteiger partial charge is 0.237 e. The van der Waals surface area contributed by atoms with Crippen LogP contribution >= 0.6 is 11.9 Å². The normalized spacial score (nSPS) is 13.0. The van der Waals surface area contributed by atoms with Gasteiger partial charge in [-0.05, 0) is 65.6 Å². The lowest BCUT2D eigenvalue weighted by Crippen LogP contribution is -2.35. The highest BCUT2D eigenvalue weighted by Crippen LogP contribution is 2.32. The molecule has 1 heterocycles. The van der Waals surface area contributed by atoms with Crippen molar-refractivity contribution in [3.63, 3.8) is 0 Å². The average molecular weight is 612 g/mol. The third-order valence-corrected chi connectivity index (χ3v) is 8.24. The largest absolute Gasteiger partial charge is 0.386 e. The van der Waals surface area contributed by atoms with Gasteiger partial charge >= 0.3 is 0 Å². The number of allylic oxidation sites excluding steroid dienone is 1. The summed E-state index contributed by atoms with van der Waals surface area (Å²) in [6.07, 6.45) is 5.00. The van der Waals surface area contributed by atoms with E-state index in [1.165, 1.54) is 33.5 Å². The molecule has 3 aromatic rings. The molecular formula is C33H43F2N5O2S. The Morgan fingerprint density at radius 1 is 1.00 bits per heavy atom. The number of fused-ring (bicyclic) bond motifs is 2. The van der Waals surface area contributed by atoms with Gasteiger partial charge in [0.05, 0.1) is 19.8 Å². The lowest BCUT2D eigenvalue weighted by molar-refractivity contribution is -0.130. The number of halogens is 2. The van der Waals surface area contributed by atoms with Crippen molar-refractivity contribution in [3.8, 4) is 0 Å². The van der Waals surface area contributed by atoms with E-state index in [1.807, 2.05) is 0 Å². The molecule has 1 amide bonds. The third-order valence-electron chi connectivity index (χ3n) is 7.31. The Bertz CT molecular complexity index is 1370. The molecule has 7 nitrogen and oxygen atoms in total. The first kappa shape index (κ1) is 32.7. The van der Waals surface area contributed by atoms with Crippen molar-refractivity contribution in [1.82, 2.24) is 20.3 Å². The highest BCUT2D eigenvalue weighted by Gasteiger charge is 2.24. The topological polar surface area (TPSA) is 68.9 Å². The molecule has 1 aliphatic rings.